The summed E-state index contributed by atoms with van der Waals surface area (Å²) in [6, 6.07) is 6.89. The lowest BCUT2D eigenvalue weighted by Crippen LogP contribution is -2.37. The van der Waals surface area contributed by atoms with Crippen LogP contribution in [0.5, 0.6) is 0 Å². The molecule has 0 spiro atoms. The Morgan fingerprint density at radius 3 is 2.38 bits per heavy atom. The fourth-order valence-corrected chi connectivity index (χ4v) is 4.66. The fourth-order valence-electron chi connectivity index (χ4n) is 3.61. The predicted molar refractivity (Wildman–Crippen MR) is 119 cm³/mol. The van der Waals surface area contributed by atoms with Crippen molar-refractivity contribution in [1.29, 1.82) is 0 Å². The number of nitro benzene ring substituents is 2. The minimum absolute atomic E-state index is 0.143. The molecule has 1 aromatic heterocycles. The molecule has 2 aromatic carbocycles. The minimum Gasteiger partial charge on any atom is -0.376 e. The van der Waals surface area contributed by atoms with Gasteiger partial charge in [0.15, 0.2) is 5.13 Å². The highest BCUT2D eigenvalue weighted by molar-refractivity contribution is 7.22. The summed E-state index contributed by atoms with van der Waals surface area (Å²) >= 11 is 1.33. The number of hydrogen-bond donors (Lipinski definition) is 0. The molecule has 0 radical (unpaired) electrons. The highest BCUT2D eigenvalue weighted by atomic mass is 32.1. The number of aromatic nitrogens is 1. The molecule has 0 N–H and O–H groups in total. The summed E-state index contributed by atoms with van der Waals surface area (Å²) in [5, 5.41) is 23.0. The second kappa shape index (κ2) is 8.60. The molecule has 4 rings (SSSR count). The predicted octanol–water partition coefficient (Wildman–Crippen LogP) is 4.56. The molecular weight excluding hydrogens is 436 g/mol. The molecule has 1 atom stereocenters. The first kappa shape index (κ1) is 21.8. The molecule has 166 valence electrons. The zero-order chi connectivity index (χ0) is 23.0. The highest BCUT2D eigenvalue weighted by Crippen LogP contribution is 2.33. The van der Waals surface area contributed by atoms with Crippen molar-refractivity contribution >= 4 is 44.0 Å². The molecule has 11 heteroatoms. The molecule has 10 nitrogen and oxygen atoms in total. The summed E-state index contributed by atoms with van der Waals surface area (Å²) < 4.78 is 6.59. The van der Waals surface area contributed by atoms with Crippen LogP contribution in [0.4, 0.5) is 16.5 Å². The maximum Gasteiger partial charge on any atom is 0.277 e. The van der Waals surface area contributed by atoms with Crippen LogP contribution in [-0.2, 0) is 4.74 Å². The number of non-ortho nitro benzene ring substituents is 2. The van der Waals surface area contributed by atoms with Crippen LogP contribution in [0.25, 0.3) is 10.2 Å². The van der Waals surface area contributed by atoms with E-state index < -0.39 is 27.1 Å². The molecule has 2 heterocycles. The summed E-state index contributed by atoms with van der Waals surface area (Å²) in [4.78, 5) is 40.6. The average molecular weight is 456 g/mol. The van der Waals surface area contributed by atoms with Gasteiger partial charge in [0.2, 0.25) is 0 Å². The first-order valence-electron chi connectivity index (χ1n) is 9.98. The van der Waals surface area contributed by atoms with Gasteiger partial charge in [-0.1, -0.05) is 11.3 Å². The smallest absolute Gasteiger partial charge is 0.277 e. The lowest BCUT2D eigenvalue weighted by atomic mass is 10.1. The quantitative estimate of drug-likeness (QED) is 0.393. The lowest BCUT2D eigenvalue weighted by Gasteiger charge is -2.23. The molecule has 1 aliphatic rings. The van der Waals surface area contributed by atoms with Crippen LogP contribution in [0.3, 0.4) is 0 Å². The Morgan fingerprint density at radius 2 is 1.78 bits per heavy atom. The third-order valence-electron chi connectivity index (χ3n) is 5.45. The number of carbonyl (C=O) groups excluding carboxylic acids is 1. The van der Waals surface area contributed by atoms with E-state index in [-0.39, 0.29) is 18.2 Å². The topological polar surface area (TPSA) is 129 Å². The number of fused-ring (bicyclic) bond motifs is 1. The normalized spacial score (nSPS) is 15.8. The fraction of sp³-hybridized carbons (Fsp3) is 0.333. The molecule has 1 fully saturated rings. The average Bonchev–Trinajstić information content (AvgIpc) is 3.41. The van der Waals surface area contributed by atoms with Gasteiger partial charge in [-0.2, -0.15) is 0 Å². The van der Waals surface area contributed by atoms with Gasteiger partial charge in [0.1, 0.15) is 0 Å². The number of thiazole rings is 1. The van der Waals surface area contributed by atoms with Gasteiger partial charge in [-0.25, -0.2) is 4.98 Å². The Labute approximate surface area is 186 Å². The van der Waals surface area contributed by atoms with Gasteiger partial charge in [0.25, 0.3) is 17.3 Å². The summed E-state index contributed by atoms with van der Waals surface area (Å²) in [6.07, 6.45) is 1.43. The first-order valence-corrected chi connectivity index (χ1v) is 10.8. The van der Waals surface area contributed by atoms with Crippen LogP contribution >= 0.6 is 11.3 Å². The Hall–Kier alpha value is -3.44. The standard InChI is InChI=1S/C21H20N4O6S/c1-12-6-18-19(7-13(12)2)32-21(22-18)23(11-17-4-3-5-31-17)20(26)14-8-15(24(27)28)10-16(9-14)25(29)30/h6-10,17H,3-5,11H2,1-2H3. The van der Waals surface area contributed by atoms with Crippen molar-refractivity contribution < 1.29 is 19.4 Å². The molecule has 0 bridgehead atoms. The second-order valence-corrected chi connectivity index (χ2v) is 8.71. The summed E-state index contributed by atoms with van der Waals surface area (Å²) in [5.74, 6) is -0.597. The molecule has 1 aliphatic heterocycles. The van der Waals surface area contributed by atoms with E-state index in [1.807, 2.05) is 26.0 Å². The summed E-state index contributed by atoms with van der Waals surface area (Å²) in [6.45, 7) is 4.76. The maximum absolute atomic E-state index is 13.5. The number of ether oxygens (including phenoxy) is 1. The van der Waals surface area contributed by atoms with Gasteiger partial charge < -0.3 is 4.74 Å². The molecule has 1 saturated heterocycles. The Bertz CT molecular complexity index is 1160. The van der Waals surface area contributed by atoms with Gasteiger partial charge in [0.05, 0.1) is 44.3 Å². The van der Waals surface area contributed by atoms with Gasteiger partial charge >= 0.3 is 0 Å². The number of nitro groups is 2. The molecule has 0 saturated carbocycles. The minimum atomic E-state index is -0.753. The third-order valence-corrected chi connectivity index (χ3v) is 6.49. The van der Waals surface area contributed by atoms with Gasteiger partial charge in [0, 0.05) is 18.7 Å². The third kappa shape index (κ3) is 4.30. The maximum atomic E-state index is 13.5. The van der Waals surface area contributed by atoms with E-state index in [2.05, 4.69) is 4.98 Å². The first-order chi connectivity index (χ1) is 15.2. The van der Waals surface area contributed by atoms with E-state index in [0.717, 1.165) is 52.4 Å². The van der Waals surface area contributed by atoms with E-state index >= 15 is 0 Å². The van der Waals surface area contributed by atoms with Crippen LogP contribution in [-0.4, -0.2) is 40.0 Å². The van der Waals surface area contributed by atoms with Crippen molar-refractivity contribution in [2.75, 3.05) is 18.1 Å². The van der Waals surface area contributed by atoms with Crippen LogP contribution in [0.15, 0.2) is 30.3 Å². The number of anilines is 1. The Morgan fingerprint density at radius 1 is 1.12 bits per heavy atom. The van der Waals surface area contributed by atoms with Crippen LogP contribution in [0.1, 0.15) is 34.3 Å². The summed E-state index contributed by atoms with van der Waals surface area (Å²) in [5.41, 5.74) is 1.73. The number of carbonyl (C=O) groups is 1. The molecule has 32 heavy (non-hydrogen) atoms. The van der Waals surface area contributed by atoms with Crippen LogP contribution in [0, 0.1) is 34.1 Å². The number of rotatable bonds is 6. The largest absolute Gasteiger partial charge is 0.376 e. The molecule has 0 aliphatic carbocycles. The van der Waals surface area contributed by atoms with Crippen molar-refractivity contribution in [3.63, 3.8) is 0 Å². The molecular formula is C21H20N4O6S. The van der Waals surface area contributed by atoms with Gasteiger partial charge in [-0.3, -0.25) is 29.9 Å². The van der Waals surface area contributed by atoms with Crippen molar-refractivity contribution in [3.8, 4) is 0 Å². The van der Waals surface area contributed by atoms with Gasteiger partial charge in [-0.15, -0.1) is 0 Å². The molecule has 1 amide bonds. The lowest BCUT2D eigenvalue weighted by molar-refractivity contribution is -0.394. The highest BCUT2D eigenvalue weighted by Gasteiger charge is 2.29. The number of amides is 1. The second-order valence-electron chi connectivity index (χ2n) is 7.70. The number of nitrogens with zero attached hydrogens (tertiary/aromatic N) is 4. The molecule has 1 unspecified atom stereocenters. The van der Waals surface area contributed by atoms with E-state index in [4.69, 9.17) is 4.74 Å². The zero-order valence-corrected chi connectivity index (χ0v) is 18.3. The van der Waals surface area contributed by atoms with E-state index in [0.29, 0.717) is 11.7 Å². The number of hydrogen-bond acceptors (Lipinski definition) is 8. The van der Waals surface area contributed by atoms with Crippen LogP contribution < -0.4 is 4.90 Å². The Balaban J connectivity index is 1.79. The monoisotopic (exact) mass is 456 g/mol. The van der Waals surface area contributed by atoms with Gasteiger partial charge in [-0.05, 0) is 49.9 Å². The SMILES string of the molecule is Cc1cc2nc(N(CC3CCCO3)C(=O)c3cc([N+](=O)[O-])cc([N+](=O)[O-])c3)sc2cc1C. The Kier molecular flexibility index (Phi) is 5.85. The van der Waals surface area contributed by atoms with Crippen molar-refractivity contribution in [2.24, 2.45) is 0 Å². The van der Waals surface area contributed by atoms with E-state index in [1.165, 1.54) is 16.2 Å². The van der Waals surface area contributed by atoms with Crippen molar-refractivity contribution in [3.05, 3.63) is 67.3 Å². The zero-order valence-electron chi connectivity index (χ0n) is 17.4. The van der Waals surface area contributed by atoms with Crippen molar-refractivity contribution in [2.45, 2.75) is 32.8 Å². The number of aryl methyl sites for hydroxylation is 2. The van der Waals surface area contributed by atoms with Crippen LogP contribution in [0.2, 0.25) is 0 Å². The summed E-state index contributed by atoms with van der Waals surface area (Å²) in [7, 11) is 0. The van der Waals surface area contributed by atoms with E-state index in [9.17, 15) is 25.0 Å². The number of benzene rings is 2. The van der Waals surface area contributed by atoms with E-state index in [1.54, 1.807) is 0 Å². The van der Waals surface area contributed by atoms with Crippen molar-refractivity contribution in [1.82, 2.24) is 4.98 Å². The molecule has 3 aromatic rings.